The van der Waals surface area contributed by atoms with Crippen LogP contribution < -0.4 is 0 Å². The quantitative estimate of drug-likeness (QED) is 0.197. The lowest BCUT2D eigenvalue weighted by Crippen LogP contribution is -1.89. The zero-order valence-electron chi connectivity index (χ0n) is 11.2. The van der Waals surface area contributed by atoms with Gasteiger partial charge in [0.2, 0.25) is 0 Å². The third-order valence-corrected chi connectivity index (χ3v) is 6.28. The van der Waals surface area contributed by atoms with Gasteiger partial charge >= 0.3 is 0 Å². The van der Waals surface area contributed by atoms with E-state index in [4.69, 9.17) is 11.6 Å². The van der Waals surface area contributed by atoms with E-state index in [0.717, 1.165) is 38.8 Å². The molecule has 2 nitrogen and oxygen atoms in total. The van der Waals surface area contributed by atoms with Crippen LogP contribution in [0.1, 0.15) is 31.7 Å². The van der Waals surface area contributed by atoms with E-state index in [-0.39, 0.29) is 0 Å². The van der Waals surface area contributed by atoms with Crippen LogP contribution in [-0.4, -0.2) is 9.55 Å². The van der Waals surface area contributed by atoms with Crippen LogP contribution >= 0.6 is 55.9 Å². The van der Waals surface area contributed by atoms with Gasteiger partial charge in [-0.25, -0.2) is 4.45 Å². The lowest BCUT2D eigenvalue weighted by Gasteiger charge is -2.07. The Bertz CT molecular complexity index is 627. The predicted molar refractivity (Wildman–Crippen MR) is 103 cm³/mol. The van der Waals surface area contributed by atoms with Gasteiger partial charge in [0.05, 0.1) is 18.1 Å². The van der Waals surface area contributed by atoms with Crippen molar-refractivity contribution >= 4 is 66.8 Å². The molecule has 2 rings (SSSR count). The number of benzene rings is 1. The average molecular weight is 486 g/mol. The Kier molecular flexibility index (Phi) is 6.79. The summed E-state index contributed by atoms with van der Waals surface area (Å²) in [5.74, 6) is 0. The van der Waals surface area contributed by atoms with Crippen LogP contribution in [0.5, 0.6) is 0 Å². The Labute approximate surface area is 147 Å². The maximum absolute atomic E-state index is 6.43. The fourth-order valence-electron chi connectivity index (χ4n) is 2.04. The van der Waals surface area contributed by atoms with Gasteiger partial charge in [0, 0.05) is 14.9 Å². The molecule has 0 radical (unpaired) electrons. The Hall–Kier alpha value is 0.360. The number of halogens is 3. The molecule has 0 aliphatic rings. The topological polar surface area (TPSA) is 17.8 Å². The first kappa shape index (κ1) is 16.7. The van der Waals surface area contributed by atoms with Gasteiger partial charge in [0.1, 0.15) is 0 Å². The molecule has 0 amide bonds. The van der Waals surface area contributed by atoms with Crippen molar-refractivity contribution in [2.45, 2.75) is 32.6 Å². The second kappa shape index (κ2) is 8.11. The molecule has 1 aromatic carbocycles. The third-order valence-electron chi connectivity index (χ3n) is 3.15. The van der Waals surface area contributed by atoms with Gasteiger partial charge in [-0.2, -0.15) is 5.10 Å². The molecule has 108 valence electrons. The summed E-state index contributed by atoms with van der Waals surface area (Å²) in [5, 5.41) is 6.33. The number of hydrogen-bond donors (Lipinski definition) is 0. The molecule has 0 fully saturated rings. The highest BCUT2D eigenvalue weighted by Gasteiger charge is 2.12. The number of allylic oxidation sites excluding steroid dienone is 2. The first-order valence-electron chi connectivity index (χ1n) is 6.55. The Morgan fingerprint density at radius 3 is 3.00 bits per heavy atom. The van der Waals surface area contributed by atoms with Crippen LogP contribution in [0.25, 0.3) is 10.9 Å². The maximum atomic E-state index is 6.43. The van der Waals surface area contributed by atoms with Gasteiger partial charge in [0.25, 0.3) is 0 Å². The second-order valence-electron chi connectivity index (χ2n) is 4.54. The largest absolute Gasteiger partial charge is 0.237 e. The first-order valence-corrected chi connectivity index (χ1v) is 11.8. The normalized spacial score (nSPS) is 12.4. The van der Waals surface area contributed by atoms with Crippen molar-refractivity contribution in [2.75, 3.05) is 0 Å². The van der Waals surface area contributed by atoms with Crippen LogP contribution in [-0.2, 0) is 6.42 Å². The molecule has 1 atom stereocenters. The molecule has 1 unspecified atom stereocenters. The average Bonchev–Trinajstić information content (AvgIpc) is 2.84. The van der Waals surface area contributed by atoms with Crippen molar-refractivity contribution in [3.05, 3.63) is 39.5 Å². The van der Waals surface area contributed by atoms with Gasteiger partial charge in [-0.1, -0.05) is 43.5 Å². The van der Waals surface area contributed by atoms with E-state index in [0.29, 0.717) is 6.37 Å². The zero-order valence-corrected chi connectivity index (χ0v) is 16.7. The van der Waals surface area contributed by atoms with E-state index in [1.807, 2.05) is 16.7 Å². The van der Waals surface area contributed by atoms with Crippen molar-refractivity contribution in [3.63, 3.8) is 0 Å². The number of fused-ring (bicyclic) bond motifs is 1. The highest BCUT2D eigenvalue weighted by Crippen LogP contribution is 2.37. The van der Waals surface area contributed by atoms with E-state index in [1.54, 1.807) is 0 Å². The molecular weight excluding hydrogens is 469 g/mol. The molecule has 6 heteroatoms. The summed E-state index contributed by atoms with van der Waals surface area (Å²) in [5.41, 5.74) is 2.23. The minimum absolute atomic E-state index is 0.581. The van der Waals surface area contributed by atoms with E-state index in [1.165, 1.54) is 12.8 Å². The van der Waals surface area contributed by atoms with E-state index >= 15 is 0 Å². The first-order chi connectivity index (χ1) is 9.69. The summed E-state index contributed by atoms with van der Waals surface area (Å²) in [7, 11) is 0. The summed E-state index contributed by atoms with van der Waals surface area (Å²) < 4.78 is 3.05. The van der Waals surface area contributed by atoms with Crippen LogP contribution in [0, 0.1) is 0 Å². The Balaban J connectivity index is 2.27. The fourth-order valence-corrected chi connectivity index (χ4v) is 4.64. The highest BCUT2D eigenvalue weighted by molar-refractivity contribution is 14.2. The maximum Gasteiger partial charge on any atom is 0.0755 e. The predicted octanol–water partition coefficient (Wildman–Crippen LogP) is 6.53. The molecule has 0 aliphatic carbocycles. The monoisotopic (exact) mass is 484 g/mol. The van der Waals surface area contributed by atoms with Crippen molar-refractivity contribution in [3.8, 4) is 0 Å². The molecule has 0 aliphatic heterocycles. The highest BCUT2D eigenvalue weighted by atomic mass is 127. The Morgan fingerprint density at radius 1 is 1.50 bits per heavy atom. The van der Waals surface area contributed by atoms with Crippen molar-refractivity contribution < 1.29 is 0 Å². The van der Waals surface area contributed by atoms with Crippen molar-refractivity contribution in [2.24, 2.45) is 0 Å². The molecule has 0 spiro atoms. The molecule has 1 heterocycles. The van der Waals surface area contributed by atoms with Crippen LogP contribution in [0.15, 0.2) is 28.9 Å². The van der Waals surface area contributed by atoms with Gasteiger partial charge < -0.3 is 0 Å². The minimum Gasteiger partial charge on any atom is -0.237 e. The number of hydrogen-bond acceptors (Lipinski definition) is 1. The van der Waals surface area contributed by atoms with Gasteiger partial charge in [-0.3, -0.25) is 0 Å². The van der Waals surface area contributed by atoms with Crippen molar-refractivity contribution in [1.29, 1.82) is 0 Å². The molecule has 0 saturated heterocycles. The number of rotatable bonds is 6. The lowest BCUT2D eigenvalue weighted by atomic mass is 10.1. The van der Waals surface area contributed by atoms with Crippen LogP contribution in [0.2, 0.25) is 5.02 Å². The zero-order chi connectivity index (χ0) is 14.5. The number of nitrogens with zero attached hydrogens (tertiary/aromatic N) is 2. The van der Waals surface area contributed by atoms with Gasteiger partial charge in [-0.05, 0) is 62.4 Å². The number of aromatic nitrogens is 2. The summed E-state index contributed by atoms with van der Waals surface area (Å²) in [6, 6.07) is 2.02. The van der Waals surface area contributed by atoms with E-state index in [9.17, 15) is 0 Å². The van der Waals surface area contributed by atoms with E-state index < -0.39 is 0 Å². The SMILES string of the molecule is CCCC/C=C/Cc1c(Cl)cc2c(cnn2PI)c1Br. The minimum atomic E-state index is 0.581. The summed E-state index contributed by atoms with van der Waals surface area (Å²) in [6.07, 6.45) is 11.4. The summed E-state index contributed by atoms with van der Waals surface area (Å²) >= 11 is 12.4. The lowest BCUT2D eigenvalue weighted by molar-refractivity contribution is 0.813. The second-order valence-corrected chi connectivity index (χ2v) is 7.78. The third kappa shape index (κ3) is 3.76. The van der Waals surface area contributed by atoms with Gasteiger partial charge in [-0.15, -0.1) is 0 Å². The van der Waals surface area contributed by atoms with Crippen LogP contribution in [0.3, 0.4) is 0 Å². The standard InChI is InChI=1S/C14H16BrClIN2P/c1-2-3-4-5-6-7-10-12(16)8-13-11(14(10)15)9-18-19(13)20-17/h5-6,8-9,20H,2-4,7H2,1H3/b6-5+. The summed E-state index contributed by atoms with van der Waals surface area (Å²) in [6.45, 7) is 2.21. The van der Waals surface area contributed by atoms with E-state index in [2.05, 4.69) is 62.1 Å². The Morgan fingerprint density at radius 2 is 2.30 bits per heavy atom. The molecule has 20 heavy (non-hydrogen) atoms. The van der Waals surface area contributed by atoms with Crippen molar-refractivity contribution in [1.82, 2.24) is 9.55 Å². The molecule has 2 aromatic rings. The molecule has 0 N–H and O–H groups in total. The molecular formula is C14H16BrClIN2P. The van der Waals surface area contributed by atoms with Gasteiger partial charge in [0.15, 0.2) is 0 Å². The molecule has 1 aromatic heterocycles. The number of unbranched alkanes of at least 4 members (excludes halogenated alkanes) is 2. The fraction of sp³-hybridized carbons (Fsp3) is 0.357. The smallest absolute Gasteiger partial charge is 0.0755 e. The summed E-state index contributed by atoms with van der Waals surface area (Å²) in [4.78, 5) is 0. The molecule has 0 saturated carbocycles. The van der Waals surface area contributed by atoms with Crippen LogP contribution in [0.4, 0.5) is 0 Å². The molecule has 0 bridgehead atoms.